The normalized spacial score (nSPS) is 18.7. The molecule has 0 amide bonds. The van der Waals surface area contributed by atoms with Crippen molar-refractivity contribution >= 4 is 11.8 Å². The summed E-state index contributed by atoms with van der Waals surface area (Å²) >= 11 is 2.05. The van der Waals surface area contributed by atoms with Gasteiger partial charge in [-0.3, -0.25) is 0 Å². The molecular weight excluding hydrogens is 182 g/mol. The van der Waals surface area contributed by atoms with E-state index in [0.717, 1.165) is 25.0 Å². The van der Waals surface area contributed by atoms with Crippen LogP contribution in [0.4, 0.5) is 0 Å². The largest absolute Gasteiger partial charge is 0.379 e. The summed E-state index contributed by atoms with van der Waals surface area (Å²) in [5.74, 6) is 1.26. The Bertz CT molecular complexity index is 140. The van der Waals surface area contributed by atoms with Crippen LogP contribution in [0.15, 0.2) is 0 Å². The third kappa shape index (κ3) is 5.55. The van der Waals surface area contributed by atoms with Gasteiger partial charge in [0.15, 0.2) is 0 Å². The topological polar surface area (TPSA) is 21.3 Å². The molecule has 1 fully saturated rings. The van der Waals surface area contributed by atoms with E-state index in [1.165, 1.54) is 12.2 Å². The highest BCUT2D eigenvalue weighted by Gasteiger charge is 2.17. The molecule has 0 bridgehead atoms. The number of thioether (sulfide) groups is 1. The highest BCUT2D eigenvalue weighted by Crippen LogP contribution is 2.19. The molecular formula is C10H21NOS. The molecule has 0 aromatic carbocycles. The van der Waals surface area contributed by atoms with Crippen molar-refractivity contribution in [3.8, 4) is 0 Å². The molecule has 0 unspecified atom stereocenters. The first-order chi connectivity index (χ1) is 6.08. The van der Waals surface area contributed by atoms with Crippen molar-refractivity contribution < 1.29 is 4.74 Å². The quantitative estimate of drug-likeness (QED) is 0.690. The zero-order valence-corrected chi connectivity index (χ0v) is 9.75. The molecule has 0 radical (unpaired) electrons. The van der Waals surface area contributed by atoms with Crippen molar-refractivity contribution in [1.82, 2.24) is 5.32 Å². The minimum Gasteiger partial charge on any atom is -0.379 e. The maximum absolute atomic E-state index is 5.11. The Balaban J connectivity index is 1.83. The smallest absolute Gasteiger partial charge is 0.0607 e. The Labute approximate surface area is 85.8 Å². The highest BCUT2D eigenvalue weighted by atomic mass is 32.2. The van der Waals surface area contributed by atoms with E-state index in [-0.39, 0.29) is 5.54 Å². The maximum atomic E-state index is 5.11. The number of hydrogen-bond acceptors (Lipinski definition) is 3. The predicted octanol–water partition coefficient (Wildman–Crippen LogP) is 1.90. The second-order valence-electron chi connectivity index (χ2n) is 4.56. The average molecular weight is 203 g/mol. The predicted molar refractivity (Wildman–Crippen MR) is 59.4 cm³/mol. The third-order valence-corrected chi connectivity index (χ3v) is 3.21. The van der Waals surface area contributed by atoms with Gasteiger partial charge in [0, 0.05) is 5.54 Å². The van der Waals surface area contributed by atoms with Gasteiger partial charge in [-0.2, -0.15) is 11.8 Å². The van der Waals surface area contributed by atoms with Gasteiger partial charge in [0.05, 0.1) is 18.5 Å². The van der Waals surface area contributed by atoms with Gasteiger partial charge >= 0.3 is 0 Å². The Morgan fingerprint density at radius 2 is 2.08 bits per heavy atom. The van der Waals surface area contributed by atoms with Gasteiger partial charge in [-0.05, 0) is 39.5 Å². The van der Waals surface area contributed by atoms with E-state index < -0.39 is 0 Å². The molecule has 1 N–H and O–H groups in total. The van der Waals surface area contributed by atoms with Crippen LogP contribution in [0.3, 0.4) is 0 Å². The third-order valence-electron chi connectivity index (χ3n) is 1.94. The van der Waals surface area contributed by atoms with Gasteiger partial charge in [0.2, 0.25) is 0 Å². The second-order valence-corrected chi connectivity index (χ2v) is 5.97. The van der Waals surface area contributed by atoms with Gasteiger partial charge < -0.3 is 10.1 Å². The summed E-state index contributed by atoms with van der Waals surface area (Å²) < 4.78 is 5.11. The first kappa shape index (κ1) is 11.3. The molecule has 0 spiro atoms. The molecule has 0 aliphatic carbocycles. The number of hydrogen-bond donors (Lipinski definition) is 1. The number of nitrogens with one attached hydrogen (secondary N) is 1. The standard InChI is InChI=1S/C10H21NOS/c1-10(2,3)11-5-4-6-13-9-7-12-8-9/h9,11H,4-8H2,1-3H3. The van der Waals surface area contributed by atoms with Gasteiger partial charge in [0.1, 0.15) is 0 Å². The average Bonchev–Trinajstić information content (AvgIpc) is 1.90. The van der Waals surface area contributed by atoms with Crippen LogP contribution in [0.5, 0.6) is 0 Å². The Morgan fingerprint density at radius 3 is 2.54 bits per heavy atom. The van der Waals surface area contributed by atoms with E-state index in [9.17, 15) is 0 Å². The van der Waals surface area contributed by atoms with E-state index in [1.807, 2.05) is 11.8 Å². The molecule has 0 saturated carbocycles. The van der Waals surface area contributed by atoms with E-state index >= 15 is 0 Å². The van der Waals surface area contributed by atoms with Crippen LogP contribution in [0, 0.1) is 0 Å². The minimum absolute atomic E-state index is 0.268. The number of rotatable bonds is 5. The molecule has 13 heavy (non-hydrogen) atoms. The minimum atomic E-state index is 0.268. The Kier molecular flexibility index (Phi) is 4.56. The monoisotopic (exact) mass is 203 g/mol. The summed E-state index contributed by atoms with van der Waals surface area (Å²) in [5.41, 5.74) is 0.268. The molecule has 1 aliphatic rings. The lowest BCUT2D eigenvalue weighted by molar-refractivity contribution is 0.0455. The lowest BCUT2D eigenvalue weighted by Crippen LogP contribution is -2.36. The van der Waals surface area contributed by atoms with Crippen LogP contribution in [-0.2, 0) is 4.74 Å². The maximum Gasteiger partial charge on any atom is 0.0607 e. The van der Waals surface area contributed by atoms with Crippen LogP contribution in [0.25, 0.3) is 0 Å². The summed E-state index contributed by atoms with van der Waals surface area (Å²) in [7, 11) is 0. The van der Waals surface area contributed by atoms with Crippen LogP contribution >= 0.6 is 11.8 Å². The lowest BCUT2D eigenvalue weighted by atomic mass is 10.1. The van der Waals surface area contributed by atoms with Crippen LogP contribution in [-0.4, -0.2) is 36.3 Å². The molecule has 0 aromatic rings. The fourth-order valence-electron chi connectivity index (χ4n) is 1.10. The second kappa shape index (κ2) is 5.23. The zero-order chi connectivity index (χ0) is 9.73. The molecule has 0 aromatic heterocycles. The van der Waals surface area contributed by atoms with Gasteiger partial charge in [-0.15, -0.1) is 0 Å². The van der Waals surface area contributed by atoms with Crippen molar-refractivity contribution in [1.29, 1.82) is 0 Å². The fraction of sp³-hybridized carbons (Fsp3) is 1.00. The first-order valence-electron chi connectivity index (χ1n) is 5.02. The summed E-state index contributed by atoms with van der Waals surface area (Å²) in [6.07, 6.45) is 1.26. The Hall–Kier alpha value is 0.270. The van der Waals surface area contributed by atoms with Crippen molar-refractivity contribution in [2.45, 2.75) is 38.0 Å². The van der Waals surface area contributed by atoms with Crippen molar-refractivity contribution in [3.63, 3.8) is 0 Å². The van der Waals surface area contributed by atoms with Gasteiger partial charge in [0.25, 0.3) is 0 Å². The van der Waals surface area contributed by atoms with Crippen molar-refractivity contribution in [3.05, 3.63) is 0 Å². The summed E-state index contributed by atoms with van der Waals surface area (Å²) in [6, 6.07) is 0. The molecule has 1 rings (SSSR count). The van der Waals surface area contributed by atoms with Crippen LogP contribution in [0.2, 0.25) is 0 Å². The van der Waals surface area contributed by atoms with Crippen LogP contribution in [0.1, 0.15) is 27.2 Å². The molecule has 2 nitrogen and oxygen atoms in total. The van der Waals surface area contributed by atoms with Crippen molar-refractivity contribution in [2.24, 2.45) is 0 Å². The zero-order valence-electron chi connectivity index (χ0n) is 8.93. The summed E-state index contributed by atoms with van der Waals surface area (Å²) in [6.45, 7) is 9.69. The van der Waals surface area contributed by atoms with E-state index in [2.05, 4.69) is 26.1 Å². The first-order valence-corrected chi connectivity index (χ1v) is 6.07. The van der Waals surface area contributed by atoms with Crippen LogP contribution < -0.4 is 5.32 Å². The molecule has 1 aliphatic heterocycles. The van der Waals surface area contributed by atoms with E-state index in [1.54, 1.807) is 0 Å². The molecule has 78 valence electrons. The fourth-order valence-corrected chi connectivity index (χ4v) is 2.13. The SMILES string of the molecule is CC(C)(C)NCCCSC1COC1. The molecule has 1 saturated heterocycles. The van der Waals surface area contributed by atoms with Crippen molar-refractivity contribution in [2.75, 3.05) is 25.5 Å². The Morgan fingerprint density at radius 1 is 1.38 bits per heavy atom. The summed E-state index contributed by atoms with van der Waals surface area (Å²) in [4.78, 5) is 0. The molecule has 1 heterocycles. The van der Waals surface area contributed by atoms with E-state index in [4.69, 9.17) is 4.74 Å². The van der Waals surface area contributed by atoms with Gasteiger partial charge in [-0.1, -0.05) is 0 Å². The molecule has 0 atom stereocenters. The van der Waals surface area contributed by atoms with E-state index in [0.29, 0.717) is 0 Å². The highest BCUT2D eigenvalue weighted by molar-refractivity contribution is 8.00. The summed E-state index contributed by atoms with van der Waals surface area (Å²) in [5, 5.41) is 4.27. The number of ether oxygens (including phenoxy) is 1. The molecule has 3 heteroatoms. The lowest BCUT2D eigenvalue weighted by Gasteiger charge is -2.25. The van der Waals surface area contributed by atoms with Gasteiger partial charge in [-0.25, -0.2) is 0 Å².